The van der Waals surface area contributed by atoms with Crippen molar-refractivity contribution in [1.82, 2.24) is 0 Å². The summed E-state index contributed by atoms with van der Waals surface area (Å²) in [6, 6.07) is 10.7. The van der Waals surface area contributed by atoms with E-state index in [1.807, 2.05) is 41.5 Å². The van der Waals surface area contributed by atoms with Gasteiger partial charge in [0.1, 0.15) is 0 Å². The van der Waals surface area contributed by atoms with E-state index in [4.69, 9.17) is 0 Å². The smallest absolute Gasteiger partial charge is 0.0276 e. The van der Waals surface area contributed by atoms with Crippen LogP contribution in [0, 0.1) is 5.92 Å². The summed E-state index contributed by atoms with van der Waals surface area (Å²) >= 11 is 0. The quantitative estimate of drug-likeness (QED) is 0.575. The van der Waals surface area contributed by atoms with Crippen LogP contribution in [0.3, 0.4) is 0 Å². The molecule has 1 aromatic carbocycles. The Balaban J connectivity index is -0.000000285. The molecule has 0 spiro atoms. The topological polar surface area (TPSA) is 0 Å². The lowest BCUT2D eigenvalue weighted by molar-refractivity contribution is 0.587. The summed E-state index contributed by atoms with van der Waals surface area (Å²) in [6.07, 6.45) is 2.52. The first kappa shape index (κ1) is 21.5. The van der Waals surface area contributed by atoms with E-state index in [-0.39, 0.29) is 0 Å². The van der Waals surface area contributed by atoms with Crippen molar-refractivity contribution in [2.75, 3.05) is 0 Å². The van der Waals surface area contributed by atoms with E-state index in [1.165, 1.54) is 18.4 Å². The second-order valence-electron chi connectivity index (χ2n) is 3.42. The first-order valence-electron chi connectivity index (χ1n) is 7.33. The Kier molecular flexibility index (Phi) is 26.1. The van der Waals surface area contributed by atoms with E-state index in [0.717, 1.165) is 5.92 Å². The van der Waals surface area contributed by atoms with E-state index in [0.29, 0.717) is 0 Å². The summed E-state index contributed by atoms with van der Waals surface area (Å²) in [7, 11) is 0. The molecule has 0 aromatic heterocycles. The monoisotopic (exact) mass is 238 g/mol. The molecule has 1 rings (SSSR count). The fourth-order valence-corrected chi connectivity index (χ4v) is 1.10. The molecule has 102 valence electrons. The first-order valence-corrected chi connectivity index (χ1v) is 7.33. The third kappa shape index (κ3) is 17.8. The molecule has 0 fully saturated rings. The van der Waals surface area contributed by atoms with Crippen LogP contribution in [0.15, 0.2) is 30.3 Å². The van der Waals surface area contributed by atoms with Crippen molar-refractivity contribution < 1.29 is 0 Å². The maximum Gasteiger partial charge on any atom is -0.0276 e. The Morgan fingerprint density at radius 3 is 1.53 bits per heavy atom. The average Bonchev–Trinajstić information content (AvgIpc) is 2.44. The molecule has 0 aliphatic carbocycles. The third-order valence-electron chi connectivity index (χ3n) is 1.85. The van der Waals surface area contributed by atoms with Gasteiger partial charge >= 0.3 is 0 Å². The number of benzene rings is 1. The van der Waals surface area contributed by atoms with Crippen molar-refractivity contribution >= 4 is 0 Å². The molecule has 0 atom stereocenters. The molecule has 0 aliphatic heterocycles. The molecular formula is C17H34. The molecule has 0 saturated carbocycles. The number of rotatable bonds is 3. The zero-order valence-corrected chi connectivity index (χ0v) is 13.4. The molecule has 0 saturated heterocycles. The largest absolute Gasteiger partial charge is 0.0683 e. The van der Waals surface area contributed by atoms with Gasteiger partial charge in [-0.1, -0.05) is 85.7 Å². The van der Waals surface area contributed by atoms with Crippen molar-refractivity contribution in [2.45, 2.75) is 68.2 Å². The number of hydrogen-bond acceptors (Lipinski definition) is 0. The normalized spacial score (nSPS) is 7.82. The van der Waals surface area contributed by atoms with Crippen LogP contribution in [-0.2, 0) is 6.42 Å². The van der Waals surface area contributed by atoms with Gasteiger partial charge in [-0.25, -0.2) is 0 Å². The Morgan fingerprint density at radius 1 is 0.765 bits per heavy atom. The van der Waals surface area contributed by atoms with Gasteiger partial charge in [0.15, 0.2) is 0 Å². The highest BCUT2D eigenvalue weighted by atomic mass is 14.0. The molecule has 0 bridgehead atoms. The van der Waals surface area contributed by atoms with Gasteiger partial charge in [-0.2, -0.15) is 0 Å². The lowest BCUT2D eigenvalue weighted by Crippen LogP contribution is -1.91. The summed E-state index contributed by atoms with van der Waals surface area (Å²) in [5.41, 5.74) is 1.46. The van der Waals surface area contributed by atoms with Gasteiger partial charge in [0.05, 0.1) is 0 Å². The van der Waals surface area contributed by atoms with Crippen LogP contribution in [0.5, 0.6) is 0 Å². The maximum atomic E-state index is 2.27. The highest BCUT2D eigenvalue weighted by molar-refractivity contribution is 5.14. The minimum atomic E-state index is 0.815. The Bertz CT molecular complexity index is 186. The molecule has 0 amide bonds. The fraction of sp³-hybridized carbons (Fsp3) is 0.647. The van der Waals surface area contributed by atoms with Crippen LogP contribution in [0.1, 0.15) is 67.4 Å². The van der Waals surface area contributed by atoms with E-state index in [1.54, 1.807) is 0 Å². The van der Waals surface area contributed by atoms with Gasteiger partial charge in [0.2, 0.25) is 0 Å². The molecule has 0 heterocycles. The predicted molar refractivity (Wildman–Crippen MR) is 83.6 cm³/mol. The molecule has 0 heteroatoms. The molecule has 17 heavy (non-hydrogen) atoms. The lowest BCUT2D eigenvalue weighted by atomic mass is 10.0. The Morgan fingerprint density at radius 2 is 1.18 bits per heavy atom. The van der Waals surface area contributed by atoms with Crippen LogP contribution in [0.4, 0.5) is 0 Å². The molecule has 0 nitrogen and oxygen atoms in total. The second kappa shape index (κ2) is 20.6. The predicted octanol–water partition coefficient (Wildman–Crippen LogP) is 6.35. The van der Waals surface area contributed by atoms with Gasteiger partial charge < -0.3 is 0 Å². The molecule has 0 unspecified atom stereocenters. The van der Waals surface area contributed by atoms with Crippen molar-refractivity contribution in [2.24, 2.45) is 5.92 Å². The van der Waals surface area contributed by atoms with E-state index in [9.17, 15) is 0 Å². The highest BCUT2D eigenvalue weighted by Crippen LogP contribution is 2.07. The SMILES string of the molecule is CC.CC.CC.CC(C)CCc1ccccc1. The zero-order chi connectivity index (χ0) is 14.1. The number of hydrogen-bond donors (Lipinski definition) is 0. The fourth-order valence-electron chi connectivity index (χ4n) is 1.10. The molecule has 1 aromatic rings. The summed E-state index contributed by atoms with van der Waals surface area (Å²) in [5, 5.41) is 0. The Labute approximate surface area is 110 Å². The summed E-state index contributed by atoms with van der Waals surface area (Å²) in [4.78, 5) is 0. The van der Waals surface area contributed by atoms with Crippen molar-refractivity contribution in [1.29, 1.82) is 0 Å². The number of aryl methyl sites for hydroxylation is 1. The van der Waals surface area contributed by atoms with E-state index < -0.39 is 0 Å². The van der Waals surface area contributed by atoms with Gasteiger partial charge in [-0.05, 0) is 24.3 Å². The van der Waals surface area contributed by atoms with Crippen LogP contribution in [0.2, 0.25) is 0 Å². The average molecular weight is 238 g/mol. The van der Waals surface area contributed by atoms with Crippen LogP contribution < -0.4 is 0 Å². The van der Waals surface area contributed by atoms with E-state index >= 15 is 0 Å². The van der Waals surface area contributed by atoms with Gasteiger partial charge in [0.25, 0.3) is 0 Å². The standard InChI is InChI=1S/C11H16.3C2H6/c1-10(2)8-9-11-6-4-3-5-7-11;3*1-2/h3-7,10H,8-9H2,1-2H3;3*1-2H3. The first-order chi connectivity index (χ1) is 8.29. The van der Waals surface area contributed by atoms with E-state index in [2.05, 4.69) is 44.2 Å². The van der Waals surface area contributed by atoms with Crippen LogP contribution in [0.25, 0.3) is 0 Å². The third-order valence-corrected chi connectivity index (χ3v) is 1.85. The van der Waals surface area contributed by atoms with Gasteiger partial charge in [-0.3, -0.25) is 0 Å². The van der Waals surface area contributed by atoms with Crippen molar-refractivity contribution in [3.05, 3.63) is 35.9 Å². The summed E-state index contributed by atoms with van der Waals surface area (Å²) < 4.78 is 0. The minimum Gasteiger partial charge on any atom is -0.0683 e. The summed E-state index contributed by atoms with van der Waals surface area (Å²) in [6.45, 7) is 16.5. The molecule has 0 aliphatic rings. The van der Waals surface area contributed by atoms with Crippen LogP contribution >= 0.6 is 0 Å². The molecule has 0 N–H and O–H groups in total. The molecular weight excluding hydrogens is 204 g/mol. The van der Waals surface area contributed by atoms with Crippen molar-refractivity contribution in [3.63, 3.8) is 0 Å². The van der Waals surface area contributed by atoms with Crippen LogP contribution in [-0.4, -0.2) is 0 Å². The highest BCUT2D eigenvalue weighted by Gasteiger charge is 1.94. The lowest BCUT2D eigenvalue weighted by Gasteiger charge is -2.03. The zero-order valence-electron chi connectivity index (χ0n) is 13.4. The molecule has 0 radical (unpaired) electrons. The summed E-state index contributed by atoms with van der Waals surface area (Å²) in [5.74, 6) is 0.815. The van der Waals surface area contributed by atoms with Crippen molar-refractivity contribution in [3.8, 4) is 0 Å². The Hall–Kier alpha value is -0.780. The second-order valence-corrected chi connectivity index (χ2v) is 3.42. The van der Waals surface area contributed by atoms with Gasteiger partial charge in [-0.15, -0.1) is 0 Å². The maximum absolute atomic E-state index is 2.27. The van der Waals surface area contributed by atoms with Gasteiger partial charge in [0, 0.05) is 0 Å². The minimum absolute atomic E-state index is 0.815.